The highest BCUT2D eigenvalue weighted by Crippen LogP contribution is 2.41. The first-order chi connectivity index (χ1) is 13.7. The van der Waals surface area contributed by atoms with E-state index in [0.29, 0.717) is 5.56 Å². The minimum Gasteiger partial charge on any atom is -0.461 e. The Balaban J connectivity index is 2.14. The Labute approximate surface area is 161 Å². The van der Waals surface area contributed by atoms with Crippen LogP contribution in [0.15, 0.2) is 59.1 Å². The molecule has 0 radical (unpaired) electrons. The molecule has 5 aromatic rings. The lowest BCUT2D eigenvalue weighted by Crippen LogP contribution is -2.09. The lowest BCUT2D eigenvalue weighted by Gasteiger charge is -2.21. The second-order valence-corrected chi connectivity index (χ2v) is 8.26. The molecule has 0 atom stereocenters. The molecule has 0 bridgehead atoms. The summed E-state index contributed by atoms with van der Waals surface area (Å²) in [7, 11) is 0. The van der Waals surface area contributed by atoms with Crippen LogP contribution in [0.5, 0.6) is 0 Å². The van der Waals surface area contributed by atoms with E-state index >= 15 is 0 Å². The Morgan fingerprint density at radius 2 is 1.70 bits per heavy atom. The monoisotopic (exact) mass is 355 g/mol. The van der Waals surface area contributed by atoms with Crippen molar-refractivity contribution >= 4 is 43.4 Å². The van der Waals surface area contributed by atoms with Gasteiger partial charge in [-0.15, -0.1) is 0 Å². The Morgan fingerprint density at radius 3 is 2.48 bits per heavy atom. The highest BCUT2D eigenvalue weighted by molar-refractivity contribution is 6.30. The van der Waals surface area contributed by atoms with Crippen LogP contribution in [-0.2, 0) is 6.37 Å². The molecule has 3 aromatic carbocycles. The van der Waals surface area contributed by atoms with E-state index in [0.717, 1.165) is 49.2 Å². The van der Waals surface area contributed by atoms with E-state index in [2.05, 4.69) is 24.3 Å². The van der Waals surface area contributed by atoms with Crippen LogP contribution >= 0.6 is 0 Å². The molecule has 0 saturated heterocycles. The number of pyridine rings is 1. The number of furan rings is 1. The third-order valence-corrected chi connectivity index (χ3v) is 5.01. The van der Waals surface area contributed by atoms with Gasteiger partial charge in [0.05, 0.1) is 5.52 Å². The smallest absolute Gasteiger partial charge is 0.134 e. The summed E-state index contributed by atoms with van der Waals surface area (Å²) in [5.74, 6) is 0.845. The normalized spacial score (nSPS) is 14.2. The number of aryl methyl sites for hydroxylation is 1. The summed E-state index contributed by atoms with van der Waals surface area (Å²) < 4.78 is 23.9. The van der Waals surface area contributed by atoms with Gasteiger partial charge in [-0.1, -0.05) is 45.0 Å². The van der Waals surface area contributed by atoms with E-state index in [1.165, 1.54) is 0 Å². The summed E-state index contributed by atoms with van der Waals surface area (Å²) in [6, 6.07) is 16.2. The predicted molar refractivity (Wildman–Crippen MR) is 114 cm³/mol. The molecular formula is C25H23NO. The van der Waals surface area contributed by atoms with E-state index in [4.69, 9.17) is 12.1 Å². The van der Waals surface area contributed by atoms with E-state index in [-0.39, 0.29) is 0 Å². The van der Waals surface area contributed by atoms with Gasteiger partial charge in [0.2, 0.25) is 0 Å². The van der Waals surface area contributed by atoms with Crippen LogP contribution in [0.3, 0.4) is 0 Å². The fraction of sp³-hybridized carbons (Fsp3) is 0.240. The third-order valence-electron chi connectivity index (χ3n) is 5.01. The summed E-state index contributed by atoms with van der Waals surface area (Å²) in [4.78, 5) is 4.73. The summed E-state index contributed by atoms with van der Waals surface area (Å²) in [5, 5.41) is 6.17. The average Bonchev–Trinajstić information content (AvgIpc) is 3.06. The summed E-state index contributed by atoms with van der Waals surface area (Å²) >= 11 is 0. The zero-order valence-corrected chi connectivity index (χ0v) is 16.1. The van der Waals surface area contributed by atoms with Gasteiger partial charge in [0.25, 0.3) is 0 Å². The highest BCUT2D eigenvalue weighted by Gasteiger charge is 2.19. The molecule has 2 heterocycles. The molecule has 0 aliphatic rings. The minimum atomic E-state index is -1.54. The van der Waals surface area contributed by atoms with Crippen LogP contribution in [0.1, 0.15) is 34.8 Å². The maximum Gasteiger partial charge on any atom is 0.134 e. The number of rotatable bonds is 1. The number of benzene rings is 3. The summed E-state index contributed by atoms with van der Waals surface area (Å²) in [6.45, 7) is 7.78. The quantitative estimate of drug-likeness (QED) is 0.297. The zero-order chi connectivity index (χ0) is 20.6. The number of nitrogens with zero attached hydrogens (tertiary/aromatic N) is 1. The molecule has 0 aliphatic heterocycles. The molecule has 2 heteroatoms. The van der Waals surface area contributed by atoms with Crippen molar-refractivity contribution in [3.63, 3.8) is 0 Å². The standard InChI is InChI=1S/C25H23NO/c1-15-13-20-21(27-15)10-9-18-17-7-5-6-8-19(17)24-22(23(18)20)16(11-12-26-24)14-25(2,3)4/h5-13H,14H2,1-4H3/i14D2. The molecule has 5 rings (SSSR count). The zero-order valence-electron chi connectivity index (χ0n) is 18.1. The second-order valence-electron chi connectivity index (χ2n) is 8.26. The van der Waals surface area contributed by atoms with Crippen molar-refractivity contribution in [3.8, 4) is 0 Å². The fourth-order valence-corrected chi connectivity index (χ4v) is 4.08. The Morgan fingerprint density at radius 1 is 0.926 bits per heavy atom. The topological polar surface area (TPSA) is 26.0 Å². The predicted octanol–water partition coefficient (Wildman–Crippen LogP) is 7.18. The number of hydrogen-bond donors (Lipinski definition) is 0. The van der Waals surface area contributed by atoms with Gasteiger partial charge in [0.15, 0.2) is 0 Å². The molecule has 0 N–H and O–H groups in total. The first-order valence-corrected chi connectivity index (χ1v) is 9.33. The maximum atomic E-state index is 9.01. The summed E-state index contributed by atoms with van der Waals surface area (Å²) in [6.07, 6.45) is 0.199. The van der Waals surface area contributed by atoms with Gasteiger partial charge in [0.1, 0.15) is 11.3 Å². The van der Waals surface area contributed by atoms with Crippen LogP contribution < -0.4 is 0 Å². The fourth-order valence-electron chi connectivity index (χ4n) is 4.08. The van der Waals surface area contributed by atoms with Gasteiger partial charge in [-0.05, 0) is 59.3 Å². The van der Waals surface area contributed by atoms with E-state index in [1.54, 1.807) is 6.20 Å². The molecule has 0 spiro atoms. The average molecular weight is 355 g/mol. The lowest BCUT2D eigenvalue weighted by atomic mass is 9.84. The first kappa shape index (κ1) is 14.2. The molecule has 0 fully saturated rings. The van der Waals surface area contributed by atoms with Crippen molar-refractivity contribution in [1.82, 2.24) is 4.98 Å². The van der Waals surface area contributed by atoms with Gasteiger partial charge in [-0.3, -0.25) is 4.98 Å². The number of fused-ring (bicyclic) bond motifs is 8. The van der Waals surface area contributed by atoms with Crippen LogP contribution in [0.25, 0.3) is 43.4 Å². The molecule has 27 heavy (non-hydrogen) atoms. The number of hydrogen-bond acceptors (Lipinski definition) is 2. The van der Waals surface area contributed by atoms with Crippen molar-refractivity contribution in [2.75, 3.05) is 0 Å². The number of aromatic nitrogens is 1. The SMILES string of the molecule is [2H]C([2H])(c1ccnc2c3ccccc3c3ccc4oc(C)cc4c3c12)C(C)(C)C. The molecule has 0 unspecified atom stereocenters. The molecule has 134 valence electrons. The molecule has 2 nitrogen and oxygen atoms in total. The van der Waals surface area contributed by atoms with Crippen molar-refractivity contribution in [1.29, 1.82) is 0 Å². The van der Waals surface area contributed by atoms with E-state index < -0.39 is 11.8 Å². The molecule has 0 amide bonds. The van der Waals surface area contributed by atoms with Crippen molar-refractivity contribution in [3.05, 3.63) is 66.1 Å². The van der Waals surface area contributed by atoms with Crippen molar-refractivity contribution in [2.24, 2.45) is 5.41 Å². The Bertz CT molecular complexity index is 1420. The van der Waals surface area contributed by atoms with Crippen LogP contribution in [0.2, 0.25) is 0 Å². The van der Waals surface area contributed by atoms with Gasteiger partial charge in [-0.2, -0.15) is 0 Å². The van der Waals surface area contributed by atoms with E-state index in [1.807, 2.05) is 52.0 Å². The minimum absolute atomic E-state index is 0.570. The van der Waals surface area contributed by atoms with E-state index in [9.17, 15) is 0 Å². The highest BCUT2D eigenvalue weighted by atomic mass is 16.3. The largest absolute Gasteiger partial charge is 0.461 e. The molecular weight excluding hydrogens is 330 g/mol. The molecule has 0 aliphatic carbocycles. The van der Waals surface area contributed by atoms with Gasteiger partial charge in [0, 0.05) is 30.5 Å². The van der Waals surface area contributed by atoms with Crippen molar-refractivity contribution < 1.29 is 7.16 Å². The lowest BCUT2D eigenvalue weighted by molar-refractivity contribution is 0.412. The van der Waals surface area contributed by atoms with Crippen LogP contribution in [-0.4, -0.2) is 4.98 Å². The Hall–Kier alpha value is -2.87. The maximum absolute atomic E-state index is 9.01. The molecule has 2 aromatic heterocycles. The first-order valence-electron chi connectivity index (χ1n) is 10.3. The van der Waals surface area contributed by atoms with Gasteiger partial charge in [-0.25, -0.2) is 0 Å². The van der Waals surface area contributed by atoms with Crippen LogP contribution in [0.4, 0.5) is 0 Å². The molecule has 0 saturated carbocycles. The van der Waals surface area contributed by atoms with Crippen molar-refractivity contribution in [2.45, 2.75) is 34.1 Å². The van der Waals surface area contributed by atoms with Gasteiger partial charge < -0.3 is 4.42 Å². The Kier molecular flexibility index (Phi) is 2.93. The van der Waals surface area contributed by atoms with Crippen LogP contribution in [0, 0.1) is 12.3 Å². The summed E-state index contributed by atoms with van der Waals surface area (Å²) in [5.41, 5.74) is 1.76. The third kappa shape index (κ3) is 2.51. The second kappa shape index (κ2) is 5.56. The van der Waals surface area contributed by atoms with Gasteiger partial charge >= 0.3 is 0 Å².